The van der Waals surface area contributed by atoms with E-state index >= 15 is 0 Å². The van der Waals surface area contributed by atoms with Crippen LogP contribution in [0.3, 0.4) is 0 Å². The van der Waals surface area contributed by atoms with Gasteiger partial charge in [0.05, 0.1) is 18.0 Å². The van der Waals surface area contributed by atoms with Crippen molar-refractivity contribution in [3.8, 4) is 5.75 Å². The van der Waals surface area contributed by atoms with Crippen LogP contribution in [0.15, 0.2) is 24.3 Å². The highest BCUT2D eigenvalue weighted by Crippen LogP contribution is 2.18. The quantitative estimate of drug-likeness (QED) is 0.800. The van der Waals surface area contributed by atoms with E-state index in [1.165, 1.54) is 0 Å². The minimum Gasteiger partial charge on any atom is -0.494 e. The van der Waals surface area contributed by atoms with E-state index in [-0.39, 0.29) is 11.6 Å². The lowest BCUT2D eigenvalue weighted by molar-refractivity contribution is 0.340. The van der Waals surface area contributed by atoms with Crippen molar-refractivity contribution in [2.75, 3.05) is 23.0 Å². The largest absolute Gasteiger partial charge is 0.494 e. The van der Waals surface area contributed by atoms with E-state index in [0.29, 0.717) is 18.0 Å². The molecule has 0 unspecified atom stereocenters. The number of hydrogen-bond acceptors (Lipinski definition) is 3. The van der Waals surface area contributed by atoms with Gasteiger partial charge in [-0.2, -0.15) is 0 Å². The molecule has 90 valence electrons. The third kappa shape index (κ3) is 4.28. The van der Waals surface area contributed by atoms with Gasteiger partial charge in [0.2, 0.25) is 10.0 Å². The maximum absolute atomic E-state index is 11.4. The van der Waals surface area contributed by atoms with Crippen LogP contribution in [0, 0.1) is 0 Å². The molecule has 0 heterocycles. The van der Waals surface area contributed by atoms with Crippen LogP contribution in [0.4, 0.5) is 5.69 Å². The summed E-state index contributed by atoms with van der Waals surface area (Å²) in [5.41, 5.74) is 0.482. The molecule has 0 radical (unpaired) electrons. The van der Waals surface area contributed by atoms with Gasteiger partial charge in [-0.15, -0.1) is 11.6 Å². The fourth-order valence-corrected chi connectivity index (χ4v) is 2.55. The highest BCUT2D eigenvalue weighted by atomic mass is 35.5. The molecule has 4 nitrogen and oxygen atoms in total. The molecule has 0 aliphatic rings. The topological polar surface area (TPSA) is 55.4 Å². The van der Waals surface area contributed by atoms with Gasteiger partial charge in [0.25, 0.3) is 0 Å². The molecule has 0 bridgehead atoms. The predicted octanol–water partition coefficient (Wildman–Crippen LogP) is 2.07. The number of sulfonamides is 1. The van der Waals surface area contributed by atoms with Crippen molar-refractivity contribution in [3.05, 3.63) is 24.3 Å². The normalized spacial score (nSPS) is 11.1. The van der Waals surface area contributed by atoms with E-state index in [2.05, 4.69) is 4.72 Å². The van der Waals surface area contributed by atoms with E-state index in [4.69, 9.17) is 16.3 Å². The molecule has 0 fully saturated rings. The first-order chi connectivity index (χ1) is 7.57. The van der Waals surface area contributed by atoms with Crippen molar-refractivity contribution in [1.82, 2.24) is 0 Å². The zero-order valence-electron chi connectivity index (χ0n) is 8.94. The molecule has 1 N–H and O–H groups in total. The summed E-state index contributed by atoms with van der Waals surface area (Å²) in [6.45, 7) is 2.40. The number of benzene rings is 1. The third-order valence-electron chi connectivity index (χ3n) is 1.76. The van der Waals surface area contributed by atoms with Crippen LogP contribution >= 0.6 is 11.6 Å². The average Bonchev–Trinajstić information content (AvgIpc) is 2.17. The average molecular weight is 264 g/mol. The maximum atomic E-state index is 11.4. The predicted molar refractivity (Wildman–Crippen MR) is 65.7 cm³/mol. The Labute approximate surface area is 101 Å². The Bertz CT molecular complexity index is 433. The summed E-state index contributed by atoms with van der Waals surface area (Å²) in [7, 11) is -3.35. The summed E-state index contributed by atoms with van der Waals surface area (Å²) >= 11 is 5.39. The summed E-state index contributed by atoms with van der Waals surface area (Å²) in [5.74, 6) is 0.599. The van der Waals surface area contributed by atoms with Gasteiger partial charge in [-0.05, 0) is 19.1 Å². The molecule has 0 saturated heterocycles. The molecule has 16 heavy (non-hydrogen) atoms. The van der Waals surface area contributed by atoms with Crippen molar-refractivity contribution in [2.24, 2.45) is 0 Å². The van der Waals surface area contributed by atoms with E-state index < -0.39 is 10.0 Å². The third-order valence-corrected chi connectivity index (χ3v) is 3.47. The van der Waals surface area contributed by atoms with Crippen molar-refractivity contribution < 1.29 is 13.2 Å². The van der Waals surface area contributed by atoms with Crippen LogP contribution in [0.5, 0.6) is 5.75 Å². The second kappa shape index (κ2) is 5.96. The fourth-order valence-electron chi connectivity index (χ4n) is 1.15. The molecule has 0 atom stereocenters. The van der Waals surface area contributed by atoms with Crippen LogP contribution in [-0.2, 0) is 10.0 Å². The van der Waals surface area contributed by atoms with Crippen molar-refractivity contribution in [2.45, 2.75) is 6.92 Å². The van der Waals surface area contributed by atoms with E-state index in [9.17, 15) is 8.42 Å². The van der Waals surface area contributed by atoms with Crippen LogP contribution < -0.4 is 9.46 Å². The van der Waals surface area contributed by atoms with E-state index in [1.54, 1.807) is 24.3 Å². The highest BCUT2D eigenvalue weighted by Gasteiger charge is 2.09. The van der Waals surface area contributed by atoms with Gasteiger partial charge < -0.3 is 4.74 Å². The zero-order valence-corrected chi connectivity index (χ0v) is 10.5. The molecule has 0 amide bonds. The van der Waals surface area contributed by atoms with Gasteiger partial charge in [0.15, 0.2) is 0 Å². The van der Waals surface area contributed by atoms with Crippen molar-refractivity contribution >= 4 is 27.3 Å². The van der Waals surface area contributed by atoms with Crippen molar-refractivity contribution in [3.63, 3.8) is 0 Å². The van der Waals surface area contributed by atoms with Gasteiger partial charge in [-0.3, -0.25) is 4.72 Å². The second-order valence-electron chi connectivity index (χ2n) is 3.07. The lowest BCUT2D eigenvalue weighted by Crippen LogP contribution is -2.17. The van der Waals surface area contributed by atoms with Gasteiger partial charge >= 0.3 is 0 Å². The molecule has 0 aromatic heterocycles. The van der Waals surface area contributed by atoms with Crippen LogP contribution in [-0.4, -0.2) is 26.7 Å². The van der Waals surface area contributed by atoms with Crippen LogP contribution in [0.1, 0.15) is 6.92 Å². The number of anilines is 1. The molecule has 1 rings (SSSR count). The Morgan fingerprint density at radius 2 is 2.19 bits per heavy atom. The summed E-state index contributed by atoms with van der Waals surface area (Å²) in [5, 5.41) is 0. The lowest BCUT2D eigenvalue weighted by Gasteiger charge is -2.08. The molecular weight excluding hydrogens is 250 g/mol. The van der Waals surface area contributed by atoms with Crippen LogP contribution in [0.2, 0.25) is 0 Å². The number of rotatable bonds is 6. The number of ether oxygens (including phenoxy) is 1. The van der Waals surface area contributed by atoms with Gasteiger partial charge in [0, 0.05) is 11.9 Å². The summed E-state index contributed by atoms with van der Waals surface area (Å²) in [4.78, 5) is 0. The minimum absolute atomic E-state index is 0.0699. The van der Waals surface area contributed by atoms with E-state index in [0.717, 1.165) is 0 Å². The fraction of sp³-hybridized carbons (Fsp3) is 0.400. The number of halogens is 1. The maximum Gasteiger partial charge on any atom is 0.233 e. The lowest BCUT2D eigenvalue weighted by atomic mass is 10.3. The summed E-state index contributed by atoms with van der Waals surface area (Å²) in [6.07, 6.45) is 0. The Morgan fingerprint density at radius 1 is 1.44 bits per heavy atom. The van der Waals surface area contributed by atoms with Crippen molar-refractivity contribution in [1.29, 1.82) is 0 Å². The highest BCUT2D eigenvalue weighted by molar-refractivity contribution is 7.92. The zero-order chi connectivity index (χ0) is 12.0. The molecule has 0 spiro atoms. The first-order valence-electron chi connectivity index (χ1n) is 4.86. The second-order valence-corrected chi connectivity index (χ2v) is 5.29. The molecule has 0 aliphatic heterocycles. The standard InChI is InChI=1S/C10H14ClNO3S/c1-2-15-10-5-3-4-9(8-10)12-16(13,14)7-6-11/h3-5,8,12H,2,6-7H2,1H3. The molecule has 1 aromatic rings. The number of nitrogens with one attached hydrogen (secondary N) is 1. The number of hydrogen-bond donors (Lipinski definition) is 1. The molecule has 0 saturated carbocycles. The molecule has 1 aromatic carbocycles. The summed E-state index contributed by atoms with van der Waals surface area (Å²) in [6, 6.07) is 6.79. The smallest absolute Gasteiger partial charge is 0.233 e. The number of alkyl halides is 1. The minimum atomic E-state index is -3.35. The SMILES string of the molecule is CCOc1cccc(NS(=O)(=O)CCCl)c1. The first kappa shape index (κ1) is 13.1. The Balaban J connectivity index is 2.77. The molecule has 6 heteroatoms. The first-order valence-corrected chi connectivity index (χ1v) is 7.05. The Kier molecular flexibility index (Phi) is 4.89. The monoisotopic (exact) mass is 263 g/mol. The van der Waals surface area contributed by atoms with Gasteiger partial charge in [-0.1, -0.05) is 6.07 Å². The molecule has 0 aliphatic carbocycles. The Morgan fingerprint density at radius 3 is 2.81 bits per heavy atom. The van der Waals surface area contributed by atoms with Gasteiger partial charge in [-0.25, -0.2) is 8.42 Å². The summed E-state index contributed by atoms with van der Waals surface area (Å²) < 4.78 is 30.6. The van der Waals surface area contributed by atoms with Gasteiger partial charge in [0.1, 0.15) is 5.75 Å². The Hall–Kier alpha value is -0.940. The molecular formula is C10H14ClNO3S. The van der Waals surface area contributed by atoms with Crippen LogP contribution in [0.25, 0.3) is 0 Å². The van der Waals surface area contributed by atoms with E-state index in [1.807, 2.05) is 6.92 Å².